The number of anilines is 1. The van der Waals surface area contributed by atoms with Crippen LogP contribution in [0.15, 0.2) is 47.4 Å². The van der Waals surface area contributed by atoms with Crippen molar-refractivity contribution in [3.05, 3.63) is 59.2 Å². The predicted molar refractivity (Wildman–Crippen MR) is 114 cm³/mol. The number of carbonyl (C=O) groups is 2. The fraction of sp³-hybridized carbons (Fsp3) is 0.364. The maximum atomic E-state index is 12.8. The molecule has 0 heterocycles. The van der Waals surface area contributed by atoms with Gasteiger partial charge in [0.2, 0.25) is 0 Å². The van der Waals surface area contributed by atoms with Gasteiger partial charge in [0, 0.05) is 17.3 Å². The fourth-order valence-corrected chi connectivity index (χ4v) is 4.61. The van der Waals surface area contributed by atoms with Crippen LogP contribution in [0.25, 0.3) is 0 Å². The van der Waals surface area contributed by atoms with Gasteiger partial charge >= 0.3 is 5.97 Å². The van der Waals surface area contributed by atoms with E-state index in [2.05, 4.69) is 14.8 Å². The molecule has 0 radical (unpaired) electrons. The summed E-state index contributed by atoms with van der Waals surface area (Å²) in [4.78, 5) is 24.2. The van der Waals surface area contributed by atoms with Gasteiger partial charge in [0.1, 0.15) is 0 Å². The molecule has 0 aromatic heterocycles. The molecule has 1 saturated carbocycles. The first-order valence-corrected chi connectivity index (χ1v) is 11.4. The average molecular weight is 431 g/mol. The van der Waals surface area contributed by atoms with Crippen molar-refractivity contribution in [2.45, 2.75) is 50.0 Å². The SMILES string of the molecule is COC(=O)c1ccc(NS(=O)(=O)c2ccc(C)c(C(=O)NC3CCCCC3)c2)cc1. The Morgan fingerprint density at radius 2 is 1.67 bits per heavy atom. The van der Waals surface area contributed by atoms with E-state index in [4.69, 9.17) is 0 Å². The Morgan fingerprint density at radius 3 is 2.30 bits per heavy atom. The molecule has 1 amide bonds. The number of carbonyl (C=O) groups excluding carboxylic acids is 2. The van der Waals surface area contributed by atoms with Gasteiger partial charge in [0.25, 0.3) is 15.9 Å². The van der Waals surface area contributed by atoms with Crippen molar-refractivity contribution in [2.75, 3.05) is 11.8 Å². The number of aryl methyl sites for hydroxylation is 1. The second kappa shape index (κ2) is 9.30. The van der Waals surface area contributed by atoms with E-state index in [1.807, 2.05) is 0 Å². The normalized spacial score (nSPS) is 14.7. The smallest absolute Gasteiger partial charge is 0.337 e. The molecule has 2 aromatic rings. The van der Waals surface area contributed by atoms with Crippen molar-refractivity contribution in [3.8, 4) is 0 Å². The molecule has 0 aliphatic heterocycles. The second-order valence-corrected chi connectivity index (χ2v) is 9.14. The van der Waals surface area contributed by atoms with Crippen molar-refractivity contribution >= 4 is 27.6 Å². The van der Waals surface area contributed by atoms with E-state index in [1.54, 1.807) is 13.0 Å². The highest BCUT2D eigenvalue weighted by molar-refractivity contribution is 7.92. The Bertz CT molecular complexity index is 1030. The third-order valence-electron chi connectivity index (χ3n) is 5.26. The molecule has 8 heteroatoms. The molecule has 0 unspecified atom stereocenters. The van der Waals surface area contributed by atoms with Crippen LogP contribution < -0.4 is 10.0 Å². The molecule has 1 aliphatic rings. The minimum Gasteiger partial charge on any atom is -0.465 e. The van der Waals surface area contributed by atoms with E-state index in [9.17, 15) is 18.0 Å². The molecular weight excluding hydrogens is 404 g/mol. The number of benzene rings is 2. The van der Waals surface area contributed by atoms with E-state index >= 15 is 0 Å². The zero-order valence-corrected chi connectivity index (χ0v) is 17.9. The molecule has 2 aromatic carbocycles. The van der Waals surface area contributed by atoms with Crippen molar-refractivity contribution in [2.24, 2.45) is 0 Å². The first-order valence-electron chi connectivity index (χ1n) is 9.93. The summed E-state index contributed by atoms with van der Waals surface area (Å²) in [5.41, 5.74) is 1.68. The van der Waals surface area contributed by atoms with Crippen LogP contribution >= 0.6 is 0 Å². The summed E-state index contributed by atoms with van der Waals surface area (Å²) in [6.45, 7) is 1.78. The van der Waals surface area contributed by atoms with E-state index in [0.717, 1.165) is 25.7 Å². The Balaban J connectivity index is 1.78. The number of amides is 1. The number of methoxy groups -OCH3 is 1. The second-order valence-electron chi connectivity index (χ2n) is 7.46. The zero-order chi connectivity index (χ0) is 21.7. The summed E-state index contributed by atoms with van der Waals surface area (Å²) in [6.07, 6.45) is 5.28. The van der Waals surface area contributed by atoms with Crippen LogP contribution in [0.1, 0.15) is 58.4 Å². The lowest BCUT2D eigenvalue weighted by atomic mass is 9.95. The van der Waals surface area contributed by atoms with E-state index in [1.165, 1.54) is 49.9 Å². The lowest BCUT2D eigenvalue weighted by Crippen LogP contribution is -2.36. The summed E-state index contributed by atoms with van der Waals surface area (Å²) in [5, 5.41) is 3.03. The average Bonchev–Trinajstić information content (AvgIpc) is 2.74. The molecule has 160 valence electrons. The minimum absolute atomic E-state index is 0.000983. The Kier molecular flexibility index (Phi) is 6.77. The van der Waals surface area contributed by atoms with Crippen LogP contribution in [-0.4, -0.2) is 33.4 Å². The topological polar surface area (TPSA) is 102 Å². The standard InChI is InChI=1S/C22H26N2O5S/c1-15-8-13-19(14-20(15)21(25)23-17-6-4-3-5-7-17)30(27,28)24-18-11-9-16(10-12-18)22(26)29-2/h8-14,17,24H,3-7H2,1-2H3,(H,23,25). The quantitative estimate of drug-likeness (QED) is 0.681. The molecule has 2 N–H and O–H groups in total. The Hall–Kier alpha value is -2.87. The van der Waals surface area contributed by atoms with Crippen molar-refractivity contribution in [1.82, 2.24) is 5.32 Å². The van der Waals surface area contributed by atoms with Gasteiger partial charge in [-0.2, -0.15) is 0 Å². The molecule has 1 fully saturated rings. The maximum Gasteiger partial charge on any atom is 0.337 e. The zero-order valence-electron chi connectivity index (χ0n) is 17.1. The number of rotatable bonds is 6. The third-order valence-corrected chi connectivity index (χ3v) is 6.64. The van der Waals surface area contributed by atoms with Crippen LogP contribution in [0.2, 0.25) is 0 Å². The summed E-state index contributed by atoms with van der Waals surface area (Å²) >= 11 is 0. The molecule has 30 heavy (non-hydrogen) atoms. The van der Waals surface area contributed by atoms with E-state index < -0.39 is 16.0 Å². The summed E-state index contributed by atoms with van der Waals surface area (Å²) in [5.74, 6) is -0.754. The van der Waals surface area contributed by atoms with Gasteiger partial charge in [-0.15, -0.1) is 0 Å². The van der Waals surface area contributed by atoms with Crippen LogP contribution in [0.5, 0.6) is 0 Å². The predicted octanol–water partition coefficient (Wildman–Crippen LogP) is 3.64. The monoisotopic (exact) mass is 430 g/mol. The van der Waals surface area contributed by atoms with Gasteiger partial charge in [-0.05, 0) is 61.7 Å². The van der Waals surface area contributed by atoms with Gasteiger partial charge in [0.15, 0.2) is 0 Å². The minimum atomic E-state index is -3.90. The van der Waals surface area contributed by atoms with Crippen LogP contribution in [-0.2, 0) is 14.8 Å². The molecule has 7 nitrogen and oxygen atoms in total. The van der Waals surface area contributed by atoms with Crippen molar-refractivity contribution < 1.29 is 22.7 Å². The van der Waals surface area contributed by atoms with Crippen LogP contribution in [0.4, 0.5) is 5.69 Å². The molecule has 3 rings (SSSR count). The first kappa shape index (κ1) is 21.8. The fourth-order valence-electron chi connectivity index (χ4n) is 3.53. The highest BCUT2D eigenvalue weighted by Gasteiger charge is 2.21. The van der Waals surface area contributed by atoms with Gasteiger partial charge in [0.05, 0.1) is 17.6 Å². The molecule has 0 bridgehead atoms. The van der Waals surface area contributed by atoms with E-state index in [-0.39, 0.29) is 16.8 Å². The summed E-state index contributed by atoms with van der Waals surface area (Å²) < 4.78 is 32.7. The van der Waals surface area contributed by atoms with Gasteiger partial charge < -0.3 is 10.1 Å². The molecule has 0 atom stereocenters. The Labute approximate surface area is 176 Å². The highest BCUT2D eigenvalue weighted by Crippen LogP contribution is 2.22. The number of sulfonamides is 1. The maximum absolute atomic E-state index is 12.8. The lowest BCUT2D eigenvalue weighted by molar-refractivity contribution is 0.0600. The molecule has 1 aliphatic carbocycles. The first-order chi connectivity index (χ1) is 14.3. The molecular formula is C22H26N2O5S. The van der Waals surface area contributed by atoms with Crippen LogP contribution in [0.3, 0.4) is 0 Å². The number of hydrogen-bond donors (Lipinski definition) is 2. The van der Waals surface area contributed by atoms with Gasteiger partial charge in [-0.25, -0.2) is 13.2 Å². The van der Waals surface area contributed by atoms with Gasteiger partial charge in [-0.1, -0.05) is 25.3 Å². The third kappa shape index (κ3) is 5.18. The number of hydrogen-bond acceptors (Lipinski definition) is 5. The van der Waals surface area contributed by atoms with Crippen molar-refractivity contribution in [1.29, 1.82) is 0 Å². The van der Waals surface area contributed by atoms with E-state index in [0.29, 0.717) is 22.4 Å². The molecule has 0 spiro atoms. The summed E-state index contributed by atoms with van der Waals surface area (Å²) in [7, 11) is -2.63. The van der Waals surface area contributed by atoms with Crippen molar-refractivity contribution in [3.63, 3.8) is 0 Å². The Morgan fingerprint density at radius 1 is 1.00 bits per heavy atom. The lowest BCUT2D eigenvalue weighted by Gasteiger charge is -2.23. The summed E-state index contributed by atoms with van der Waals surface area (Å²) in [6, 6.07) is 10.5. The number of esters is 1. The van der Waals surface area contributed by atoms with Crippen LogP contribution in [0, 0.1) is 6.92 Å². The largest absolute Gasteiger partial charge is 0.465 e. The number of nitrogens with one attached hydrogen (secondary N) is 2. The van der Waals surface area contributed by atoms with Gasteiger partial charge in [-0.3, -0.25) is 9.52 Å². The highest BCUT2D eigenvalue weighted by atomic mass is 32.2. The molecule has 0 saturated heterocycles. The number of ether oxygens (including phenoxy) is 1.